The lowest BCUT2D eigenvalue weighted by atomic mass is 9.60. The lowest BCUT2D eigenvalue weighted by molar-refractivity contribution is 0.177. The molecule has 2 aromatic rings. The molecule has 3 heteroatoms. The van der Waals surface area contributed by atoms with Crippen molar-refractivity contribution in [2.75, 3.05) is 0 Å². The maximum atomic E-state index is 13.4. The largest absolute Gasteiger partial charge is 0.248 e. The van der Waals surface area contributed by atoms with Crippen LogP contribution in [0.1, 0.15) is 44.9 Å². The standard InChI is InChI=1S/C20H21ClFN/c1-12(2)18-8-15(20(4)10-13(3)11-20)9-19(23-18)14-5-6-17(22)16(21)7-14/h5-9,13H,1,10-11H2,2-4H3. The van der Waals surface area contributed by atoms with E-state index >= 15 is 0 Å². The molecule has 3 rings (SSSR count). The van der Waals surface area contributed by atoms with Gasteiger partial charge in [-0.2, -0.15) is 0 Å². The summed E-state index contributed by atoms with van der Waals surface area (Å²) < 4.78 is 13.4. The molecule has 0 amide bonds. The molecule has 0 unspecified atom stereocenters. The highest BCUT2D eigenvalue weighted by Crippen LogP contribution is 2.48. The molecule has 1 saturated carbocycles. The van der Waals surface area contributed by atoms with E-state index in [0.717, 1.165) is 28.4 Å². The minimum Gasteiger partial charge on any atom is -0.248 e. The van der Waals surface area contributed by atoms with Crippen molar-refractivity contribution in [1.82, 2.24) is 4.98 Å². The molecule has 1 nitrogen and oxygen atoms in total. The highest BCUT2D eigenvalue weighted by atomic mass is 35.5. The molecule has 0 saturated heterocycles. The van der Waals surface area contributed by atoms with Gasteiger partial charge in [0.2, 0.25) is 0 Å². The number of benzene rings is 1. The second-order valence-corrected chi connectivity index (χ2v) is 7.52. The minimum atomic E-state index is -0.411. The number of hydrogen-bond acceptors (Lipinski definition) is 1. The Balaban J connectivity index is 2.11. The zero-order valence-corrected chi connectivity index (χ0v) is 14.5. The van der Waals surface area contributed by atoms with Crippen molar-refractivity contribution in [2.45, 2.75) is 39.0 Å². The predicted molar refractivity (Wildman–Crippen MR) is 95.1 cm³/mol. The number of hydrogen-bond donors (Lipinski definition) is 0. The van der Waals surface area contributed by atoms with Gasteiger partial charge in [-0.15, -0.1) is 0 Å². The molecule has 120 valence electrons. The van der Waals surface area contributed by atoms with Crippen molar-refractivity contribution in [3.8, 4) is 11.3 Å². The second-order valence-electron chi connectivity index (χ2n) is 7.11. The van der Waals surface area contributed by atoms with E-state index in [1.54, 1.807) is 12.1 Å². The first-order chi connectivity index (χ1) is 10.8. The Kier molecular flexibility index (Phi) is 4.05. The van der Waals surface area contributed by atoms with Crippen LogP contribution >= 0.6 is 11.6 Å². The van der Waals surface area contributed by atoms with Crippen molar-refractivity contribution >= 4 is 17.2 Å². The monoisotopic (exact) mass is 329 g/mol. The molecule has 1 aliphatic carbocycles. The van der Waals surface area contributed by atoms with Gasteiger partial charge in [0.05, 0.1) is 16.4 Å². The van der Waals surface area contributed by atoms with Crippen LogP contribution in [-0.2, 0) is 5.41 Å². The van der Waals surface area contributed by atoms with Crippen LogP contribution in [0.5, 0.6) is 0 Å². The molecule has 1 aromatic carbocycles. The highest BCUT2D eigenvalue weighted by molar-refractivity contribution is 6.31. The van der Waals surface area contributed by atoms with Gasteiger partial charge in [0.1, 0.15) is 5.82 Å². The highest BCUT2D eigenvalue weighted by Gasteiger charge is 2.39. The maximum Gasteiger partial charge on any atom is 0.141 e. The van der Waals surface area contributed by atoms with Crippen LogP contribution in [0.4, 0.5) is 4.39 Å². The lowest BCUT2D eigenvalue weighted by Gasteiger charge is -2.44. The molecule has 0 bridgehead atoms. The number of allylic oxidation sites excluding steroid dienone is 1. The van der Waals surface area contributed by atoms with Crippen molar-refractivity contribution < 1.29 is 4.39 Å². The number of pyridine rings is 1. The Morgan fingerprint density at radius 2 is 2.00 bits per heavy atom. The van der Waals surface area contributed by atoms with E-state index in [4.69, 9.17) is 11.6 Å². The number of halogens is 2. The minimum absolute atomic E-state index is 0.120. The fourth-order valence-electron chi connectivity index (χ4n) is 3.62. The summed E-state index contributed by atoms with van der Waals surface area (Å²) >= 11 is 5.93. The van der Waals surface area contributed by atoms with Crippen LogP contribution in [-0.4, -0.2) is 4.98 Å². The van der Waals surface area contributed by atoms with E-state index in [1.165, 1.54) is 24.5 Å². The normalized spacial score (nSPS) is 23.4. The van der Waals surface area contributed by atoms with Crippen LogP contribution in [0.15, 0.2) is 36.9 Å². The molecule has 23 heavy (non-hydrogen) atoms. The predicted octanol–water partition coefficient (Wildman–Crippen LogP) is 6.26. The third kappa shape index (κ3) is 3.05. The van der Waals surface area contributed by atoms with E-state index < -0.39 is 5.82 Å². The van der Waals surface area contributed by atoms with Gasteiger partial charge in [0, 0.05) is 5.56 Å². The molecular weight excluding hydrogens is 309 g/mol. The molecule has 1 aliphatic rings. The van der Waals surface area contributed by atoms with Gasteiger partial charge in [-0.3, -0.25) is 0 Å². The Bertz CT molecular complexity index is 775. The van der Waals surface area contributed by atoms with E-state index in [9.17, 15) is 4.39 Å². The zero-order valence-electron chi connectivity index (χ0n) is 13.8. The second kappa shape index (κ2) is 5.76. The SMILES string of the molecule is C=C(C)c1cc(C2(C)CC(C)C2)cc(-c2ccc(F)c(Cl)c2)n1. The summed E-state index contributed by atoms with van der Waals surface area (Å²) in [6.45, 7) is 10.6. The van der Waals surface area contributed by atoms with Crippen molar-refractivity contribution in [3.63, 3.8) is 0 Å². The summed E-state index contributed by atoms with van der Waals surface area (Å²) in [5.41, 5.74) is 4.93. The first-order valence-corrected chi connectivity index (χ1v) is 8.30. The summed E-state index contributed by atoms with van der Waals surface area (Å²) in [6.07, 6.45) is 2.35. The molecule has 1 fully saturated rings. The molecule has 0 N–H and O–H groups in total. The molecule has 0 atom stereocenters. The summed E-state index contributed by atoms with van der Waals surface area (Å²) in [4.78, 5) is 4.68. The summed E-state index contributed by atoms with van der Waals surface area (Å²) in [7, 11) is 0. The molecule has 0 radical (unpaired) electrons. The van der Waals surface area contributed by atoms with Gasteiger partial charge in [0.15, 0.2) is 0 Å². The number of nitrogens with zero attached hydrogens (tertiary/aromatic N) is 1. The van der Waals surface area contributed by atoms with Crippen LogP contribution < -0.4 is 0 Å². The van der Waals surface area contributed by atoms with Crippen LogP contribution in [0.25, 0.3) is 16.8 Å². The molecule has 1 aromatic heterocycles. The van der Waals surface area contributed by atoms with E-state index in [-0.39, 0.29) is 10.4 Å². The number of aromatic nitrogens is 1. The Morgan fingerprint density at radius 1 is 1.30 bits per heavy atom. The first kappa shape index (κ1) is 16.2. The quantitative estimate of drug-likeness (QED) is 0.647. The summed E-state index contributed by atoms with van der Waals surface area (Å²) in [5, 5.41) is 0.120. The topological polar surface area (TPSA) is 12.9 Å². The third-order valence-electron chi connectivity index (χ3n) is 4.77. The van der Waals surface area contributed by atoms with Crippen molar-refractivity contribution in [1.29, 1.82) is 0 Å². The van der Waals surface area contributed by atoms with E-state index in [0.29, 0.717) is 0 Å². The van der Waals surface area contributed by atoms with Crippen molar-refractivity contribution in [2.24, 2.45) is 5.92 Å². The van der Waals surface area contributed by atoms with Gasteiger partial charge < -0.3 is 0 Å². The molecule has 0 spiro atoms. The maximum absolute atomic E-state index is 13.4. The Morgan fingerprint density at radius 3 is 2.57 bits per heavy atom. The Hall–Kier alpha value is -1.67. The zero-order chi connectivity index (χ0) is 16.8. The molecule has 0 aliphatic heterocycles. The summed E-state index contributed by atoms with van der Waals surface area (Å²) in [5.74, 6) is 0.344. The summed E-state index contributed by atoms with van der Waals surface area (Å²) in [6, 6.07) is 9.00. The average Bonchev–Trinajstić information content (AvgIpc) is 2.48. The van der Waals surface area contributed by atoms with Gasteiger partial charge >= 0.3 is 0 Å². The Labute approximate surface area is 142 Å². The van der Waals surface area contributed by atoms with Gasteiger partial charge in [-0.25, -0.2) is 9.37 Å². The molecular formula is C20H21ClFN. The van der Waals surface area contributed by atoms with Crippen LogP contribution in [0.3, 0.4) is 0 Å². The van der Waals surface area contributed by atoms with E-state index in [2.05, 4.69) is 37.5 Å². The van der Waals surface area contributed by atoms with Gasteiger partial charge in [-0.05, 0) is 72.6 Å². The van der Waals surface area contributed by atoms with Crippen molar-refractivity contribution in [3.05, 3.63) is 59.0 Å². The fourth-order valence-corrected chi connectivity index (χ4v) is 3.80. The lowest BCUT2D eigenvalue weighted by Crippen LogP contribution is -2.37. The van der Waals surface area contributed by atoms with Gasteiger partial charge in [-0.1, -0.05) is 32.0 Å². The third-order valence-corrected chi connectivity index (χ3v) is 5.06. The molecule has 1 heterocycles. The van der Waals surface area contributed by atoms with E-state index in [1.807, 2.05) is 6.92 Å². The van der Waals surface area contributed by atoms with Crippen LogP contribution in [0, 0.1) is 11.7 Å². The van der Waals surface area contributed by atoms with Crippen LogP contribution in [0.2, 0.25) is 5.02 Å². The fraction of sp³-hybridized carbons (Fsp3) is 0.350. The first-order valence-electron chi connectivity index (χ1n) is 7.92. The number of rotatable bonds is 3. The van der Waals surface area contributed by atoms with Gasteiger partial charge in [0.25, 0.3) is 0 Å². The smallest absolute Gasteiger partial charge is 0.141 e. The average molecular weight is 330 g/mol.